The predicted octanol–water partition coefficient (Wildman–Crippen LogP) is 11.0. The summed E-state index contributed by atoms with van der Waals surface area (Å²) in [6.07, 6.45) is 0. The van der Waals surface area contributed by atoms with Crippen molar-refractivity contribution < 1.29 is 0 Å². The van der Waals surface area contributed by atoms with Gasteiger partial charge < -0.3 is 0 Å². The first kappa shape index (κ1) is 29.7. The van der Waals surface area contributed by atoms with Crippen molar-refractivity contribution in [2.45, 2.75) is 0 Å². The fraction of sp³-hybridized carbons (Fsp3) is 0. The monoisotopic (exact) mass is 666 g/mol. The summed E-state index contributed by atoms with van der Waals surface area (Å²) in [5, 5.41) is 0. The molecule has 0 atom stereocenters. The summed E-state index contributed by atoms with van der Waals surface area (Å²) in [6, 6.07) is 62.8. The standard InChI is InChI=1S/C46H30N6/c1-4-13-31(14-5-1)35-19-12-20-36(29-35)37-25-28-41-42(30-37)52-40-22-11-10-21-39(40)47-46(52)51(41)38-26-23-34(24-27-38)45-49-43(32-15-6-2-7-16-32)48-44(50-45)33-17-8-3-9-18-33/h1-30H. The van der Waals surface area contributed by atoms with Gasteiger partial charge in [-0.25, -0.2) is 19.9 Å². The van der Waals surface area contributed by atoms with Crippen LogP contribution < -0.4 is 0 Å². The van der Waals surface area contributed by atoms with Crippen molar-refractivity contribution in [2.75, 3.05) is 0 Å². The molecule has 10 aromatic rings. The maximum absolute atomic E-state index is 5.15. The predicted molar refractivity (Wildman–Crippen MR) is 210 cm³/mol. The lowest BCUT2D eigenvalue weighted by Crippen LogP contribution is -2.00. The van der Waals surface area contributed by atoms with Gasteiger partial charge in [0.15, 0.2) is 17.5 Å². The number of hydrogen-bond acceptors (Lipinski definition) is 4. The second kappa shape index (κ2) is 12.3. The van der Waals surface area contributed by atoms with Gasteiger partial charge >= 0.3 is 0 Å². The van der Waals surface area contributed by atoms with Gasteiger partial charge in [0.05, 0.1) is 22.1 Å². The molecule has 6 heteroatoms. The first-order chi connectivity index (χ1) is 25.8. The van der Waals surface area contributed by atoms with Gasteiger partial charge in [0, 0.05) is 22.4 Å². The van der Waals surface area contributed by atoms with Gasteiger partial charge in [-0.3, -0.25) is 8.97 Å². The third-order valence-corrected chi connectivity index (χ3v) is 9.59. The van der Waals surface area contributed by atoms with Gasteiger partial charge in [0.1, 0.15) is 0 Å². The first-order valence-corrected chi connectivity index (χ1v) is 17.3. The molecule has 0 N–H and O–H groups in total. The van der Waals surface area contributed by atoms with E-state index in [9.17, 15) is 0 Å². The molecule has 6 nitrogen and oxygen atoms in total. The van der Waals surface area contributed by atoms with E-state index in [4.69, 9.17) is 19.9 Å². The summed E-state index contributed by atoms with van der Waals surface area (Å²) >= 11 is 0. The van der Waals surface area contributed by atoms with Crippen molar-refractivity contribution in [3.05, 3.63) is 182 Å². The van der Waals surface area contributed by atoms with E-state index in [0.29, 0.717) is 17.5 Å². The minimum Gasteiger partial charge on any atom is -0.278 e. The third kappa shape index (κ3) is 5.13. The van der Waals surface area contributed by atoms with Crippen LogP contribution in [0.1, 0.15) is 0 Å². The van der Waals surface area contributed by atoms with Crippen LogP contribution in [0.25, 0.3) is 89.9 Å². The number of hydrogen-bond donors (Lipinski definition) is 0. The van der Waals surface area contributed by atoms with Crippen LogP contribution >= 0.6 is 0 Å². The average molecular weight is 667 g/mol. The van der Waals surface area contributed by atoms with Crippen LogP contribution in [-0.2, 0) is 0 Å². The SMILES string of the molecule is c1ccc(-c2cccc(-c3ccc4c(c3)n3c5ccccc5nc3n4-c3ccc(-c4nc(-c5ccccc5)nc(-c5ccccc5)n4)cc3)c2)cc1. The van der Waals surface area contributed by atoms with Crippen LogP contribution in [0.4, 0.5) is 0 Å². The summed E-state index contributed by atoms with van der Waals surface area (Å²) in [7, 11) is 0. The van der Waals surface area contributed by atoms with E-state index < -0.39 is 0 Å². The van der Waals surface area contributed by atoms with E-state index >= 15 is 0 Å². The highest BCUT2D eigenvalue weighted by Crippen LogP contribution is 2.34. The van der Waals surface area contributed by atoms with Crippen LogP contribution in [0, 0.1) is 0 Å². The van der Waals surface area contributed by atoms with Crippen LogP contribution in [0.3, 0.4) is 0 Å². The zero-order valence-corrected chi connectivity index (χ0v) is 28.0. The van der Waals surface area contributed by atoms with Crippen molar-refractivity contribution in [1.29, 1.82) is 0 Å². The fourth-order valence-corrected chi connectivity index (χ4v) is 7.04. The Morgan fingerprint density at radius 3 is 1.42 bits per heavy atom. The zero-order chi connectivity index (χ0) is 34.4. The minimum absolute atomic E-state index is 0.621. The molecule has 0 bridgehead atoms. The Morgan fingerprint density at radius 2 is 0.788 bits per heavy atom. The highest BCUT2D eigenvalue weighted by molar-refractivity contribution is 5.94. The lowest BCUT2D eigenvalue weighted by atomic mass is 9.99. The Bertz CT molecular complexity index is 2820. The number of imidazole rings is 2. The maximum atomic E-state index is 5.15. The Balaban J connectivity index is 1.10. The third-order valence-electron chi connectivity index (χ3n) is 9.59. The smallest absolute Gasteiger partial charge is 0.220 e. The molecule has 0 saturated carbocycles. The molecule has 0 aliphatic heterocycles. The van der Waals surface area contributed by atoms with Gasteiger partial charge in [0.2, 0.25) is 5.78 Å². The molecule has 244 valence electrons. The molecule has 0 spiro atoms. The number of nitrogens with zero attached hydrogens (tertiary/aromatic N) is 6. The highest BCUT2D eigenvalue weighted by Gasteiger charge is 2.19. The summed E-state index contributed by atoms with van der Waals surface area (Å²) in [5.41, 5.74) is 12.7. The van der Waals surface area contributed by atoms with Crippen molar-refractivity contribution in [2.24, 2.45) is 0 Å². The summed E-state index contributed by atoms with van der Waals surface area (Å²) in [6.45, 7) is 0. The van der Waals surface area contributed by atoms with Crippen LogP contribution in [0.5, 0.6) is 0 Å². The second-order valence-electron chi connectivity index (χ2n) is 12.8. The molecule has 0 aliphatic rings. The van der Waals surface area contributed by atoms with E-state index in [2.05, 4.69) is 124 Å². The number of fused-ring (bicyclic) bond motifs is 5. The summed E-state index contributed by atoms with van der Waals surface area (Å²) < 4.78 is 4.51. The Morgan fingerprint density at radius 1 is 0.308 bits per heavy atom. The lowest BCUT2D eigenvalue weighted by Gasteiger charge is -2.10. The van der Waals surface area contributed by atoms with Crippen LogP contribution in [-0.4, -0.2) is 28.9 Å². The molecule has 3 aromatic heterocycles. The molecule has 0 saturated heterocycles. The van der Waals surface area contributed by atoms with Crippen molar-refractivity contribution in [1.82, 2.24) is 28.9 Å². The van der Waals surface area contributed by atoms with E-state index in [0.717, 1.165) is 55.8 Å². The van der Waals surface area contributed by atoms with Gasteiger partial charge in [-0.05, 0) is 76.9 Å². The average Bonchev–Trinajstić information content (AvgIpc) is 3.76. The van der Waals surface area contributed by atoms with Gasteiger partial charge in [0.25, 0.3) is 0 Å². The lowest BCUT2D eigenvalue weighted by molar-refractivity contribution is 1.07. The summed E-state index contributed by atoms with van der Waals surface area (Å²) in [4.78, 5) is 19.9. The first-order valence-electron chi connectivity index (χ1n) is 17.3. The maximum Gasteiger partial charge on any atom is 0.220 e. The van der Waals surface area contributed by atoms with Crippen LogP contribution in [0.15, 0.2) is 182 Å². The fourth-order valence-electron chi connectivity index (χ4n) is 7.04. The molecule has 52 heavy (non-hydrogen) atoms. The second-order valence-corrected chi connectivity index (χ2v) is 12.8. The van der Waals surface area contributed by atoms with Gasteiger partial charge in [-0.2, -0.15) is 0 Å². The molecule has 0 unspecified atom stereocenters. The molecule has 0 aliphatic carbocycles. The molecular weight excluding hydrogens is 637 g/mol. The van der Waals surface area contributed by atoms with E-state index in [-0.39, 0.29) is 0 Å². The Kier molecular flexibility index (Phi) is 7.03. The number of aromatic nitrogens is 6. The molecule has 10 rings (SSSR count). The zero-order valence-electron chi connectivity index (χ0n) is 28.0. The summed E-state index contributed by atoms with van der Waals surface area (Å²) in [5.74, 6) is 2.76. The molecule has 3 heterocycles. The number of para-hydroxylation sites is 2. The minimum atomic E-state index is 0.621. The highest BCUT2D eigenvalue weighted by atomic mass is 15.2. The van der Waals surface area contributed by atoms with E-state index in [1.807, 2.05) is 66.7 Å². The normalized spacial score (nSPS) is 11.5. The molecule has 7 aromatic carbocycles. The molecule has 0 fully saturated rings. The largest absolute Gasteiger partial charge is 0.278 e. The Hall–Kier alpha value is -7.18. The Labute approximate surface area is 300 Å². The van der Waals surface area contributed by atoms with E-state index in [1.165, 1.54) is 16.7 Å². The molecular formula is C46H30N6. The topological polar surface area (TPSA) is 60.9 Å². The number of rotatable bonds is 6. The number of benzene rings is 7. The van der Waals surface area contributed by atoms with Crippen molar-refractivity contribution in [3.8, 4) is 62.1 Å². The van der Waals surface area contributed by atoms with Crippen molar-refractivity contribution in [3.63, 3.8) is 0 Å². The molecule has 0 amide bonds. The quantitative estimate of drug-likeness (QED) is 0.177. The van der Waals surface area contributed by atoms with Crippen molar-refractivity contribution >= 4 is 27.8 Å². The van der Waals surface area contributed by atoms with Crippen LogP contribution in [0.2, 0.25) is 0 Å². The van der Waals surface area contributed by atoms with E-state index in [1.54, 1.807) is 0 Å². The molecule has 0 radical (unpaired) electrons. The van der Waals surface area contributed by atoms with Gasteiger partial charge in [-0.15, -0.1) is 0 Å². The van der Waals surface area contributed by atoms with Gasteiger partial charge in [-0.1, -0.05) is 127 Å².